The zero-order chi connectivity index (χ0) is 14.0. The molecule has 6 nitrogen and oxygen atoms in total. The van der Waals surface area contributed by atoms with Gasteiger partial charge in [0.1, 0.15) is 5.82 Å². The van der Waals surface area contributed by atoms with E-state index in [1.807, 2.05) is 13.8 Å². The highest BCUT2D eigenvalue weighted by molar-refractivity contribution is 5.59. The average Bonchev–Trinajstić information content (AvgIpc) is 2.80. The fraction of sp³-hybridized carbons (Fsp3) is 0.417. The molecular weight excluding hydrogens is 249 g/mol. The van der Waals surface area contributed by atoms with Crippen LogP contribution in [0.2, 0.25) is 0 Å². The predicted octanol–water partition coefficient (Wildman–Crippen LogP) is 1.49. The van der Waals surface area contributed by atoms with Crippen LogP contribution in [0, 0.1) is 5.82 Å². The van der Waals surface area contributed by atoms with Gasteiger partial charge in [-0.2, -0.15) is 0 Å². The lowest BCUT2D eigenvalue weighted by molar-refractivity contribution is 0.00538. The number of halogens is 1. The summed E-state index contributed by atoms with van der Waals surface area (Å²) in [7, 11) is 1.62. The number of hydrogen-bond donors (Lipinski definition) is 1. The summed E-state index contributed by atoms with van der Waals surface area (Å²) in [5.74, 6) is -0.0120. The molecular formula is C12H16FN5O. The standard InChI is InChI=1S/C12H16FN5O/c1-12(2,19-3)7-18-11(15-16-17-18)8-4-5-10(14)9(13)6-8/h4-6H,7,14H2,1-3H3. The molecule has 0 spiro atoms. The van der Waals surface area contributed by atoms with Gasteiger partial charge in [0.25, 0.3) is 0 Å². The fourth-order valence-corrected chi connectivity index (χ4v) is 1.61. The van der Waals surface area contributed by atoms with E-state index >= 15 is 0 Å². The summed E-state index contributed by atoms with van der Waals surface area (Å²) in [6.45, 7) is 4.29. The number of ether oxygens (including phenoxy) is 1. The summed E-state index contributed by atoms with van der Waals surface area (Å²) in [4.78, 5) is 0. The lowest BCUT2D eigenvalue weighted by Gasteiger charge is -2.22. The molecule has 0 aliphatic carbocycles. The molecule has 102 valence electrons. The average molecular weight is 265 g/mol. The van der Waals surface area contributed by atoms with Crippen molar-refractivity contribution in [2.45, 2.75) is 26.0 Å². The summed E-state index contributed by atoms with van der Waals surface area (Å²) in [6.07, 6.45) is 0. The van der Waals surface area contributed by atoms with E-state index in [0.717, 1.165) is 0 Å². The number of benzene rings is 1. The number of nitrogens with two attached hydrogens (primary N) is 1. The number of nitrogen functional groups attached to an aromatic ring is 1. The number of rotatable bonds is 4. The molecule has 2 aromatic rings. The van der Waals surface area contributed by atoms with Crippen molar-refractivity contribution in [2.75, 3.05) is 12.8 Å². The molecule has 0 aliphatic heterocycles. The number of methoxy groups -OCH3 is 1. The second-order valence-electron chi connectivity index (χ2n) is 4.86. The van der Waals surface area contributed by atoms with E-state index in [0.29, 0.717) is 17.9 Å². The normalized spacial score (nSPS) is 11.8. The van der Waals surface area contributed by atoms with E-state index in [4.69, 9.17) is 10.5 Å². The van der Waals surface area contributed by atoms with E-state index in [1.54, 1.807) is 17.9 Å². The van der Waals surface area contributed by atoms with Gasteiger partial charge in [-0.05, 0) is 42.5 Å². The van der Waals surface area contributed by atoms with Gasteiger partial charge >= 0.3 is 0 Å². The van der Waals surface area contributed by atoms with Crippen LogP contribution < -0.4 is 5.73 Å². The van der Waals surface area contributed by atoms with E-state index in [1.165, 1.54) is 12.1 Å². The van der Waals surface area contributed by atoms with Gasteiger partial charge in [-0.3, -0.25) is 0 Å². The molecule has 0 unspecified atom stereocenters. The minimum absolute atomic E-state index is 0.0972. The Bertz CT molecular complexity index is 581. The first-order chi connectivity index (χ1) is 8.93. The minimum atomic E-state index is -0.488. The van der Waals surface area contributed by atoms with Gasteiger partial charge < -0.3 is 10.5 Å². The Morgan fingerprint density at radius 3 is 2.79 bits per heavy atom. The van der Waals surface area contributed by atoms with Crippen molar-refractivity contribution in [1.29, 1.82) is 0 Å². The van der Waals surface area contributed by atoms with E-state index < -0.39 is 11.4 Å². The van der Waals surface area contributed by atoms with Gasteiger partial charge in [-0.1, -0.05) is 0 Å². The van der Waals surface area contributed by atoms with E-state index in [9.17, 15) is 4.39 Å². The summed E-state index contributed by atoms with van der Waals surface area (Å²) < 4.78 is 20.4. The topological polar surface area (TPSA) is 78.8 Å². The molecule has 7 heteroatoms. The molecule has 0 bridgehead atoms. The van der Waals surface area contributed by atoms with Crippen LogP contribution in [0.3, 0.4) is 0 Å². The molecule has 0 aliphatic rings. The second kappa shape index (κ2) is 4.93. The monoisotopic (exact) mass is 265 g/mol. The summed E-state index contributed by atoms with van der Waals surface area (Å²) >= 11 is 0. The van der Waals surface area contributed by atoms with Crippen LogP contribution in [0.1, 0.15) is 13.8 Å². The molecule has 0 fully saturated rings. The Labute approximate surface area is 110 Å². The highest BCUT2D eigenvalue weighted by atomic mass is 19.1. The quantitative estimate of drug-likeness (QED) is 0.847. The van der Waals surface area contributed by atoms with Crippen molar-refractivity contribution >= 4 is 5.69 Å². The molecule has 2 N–H and O–H groups in total. The van der Waals surface area contributed by atoms with Gasteiger partial charge in [0, 0.05) is 12.7 Å². The highest BCUT2D eigenvalue weighted by Crippen LogP contribution is 2.22. The zero-order valence-corrected chi connectivity index (χ0v) is 11.1. The first kappa shape index (κ1) is 13.4. The first-order valence-electron chi connectivity index (χ1n) is 5.80. The van der Waals surface area contributed by atoms with Gasteiger partial charge in [-0.25, -0.2) is 9.07 Å². The number of tetrazole rings is 1. The number of nitrogens with zero attached hydrogens (tertiary/aromatic N) is 4. The fourth-order valence-electron chi connectivity index (χ4n) is 1.61. The molecule has 1 aromatic carbocycles. The SMILES string of the molecule is COC(C)(C)Cn1nnnc1-c1ccc(N)c(F)c1. The Morgan fingerprint density at radius 2 is 2.16 bits per heavy atom. The van der Waals surface area contributed by atoms with Crippen molar-refractivity contribution < 1.29 is 9.13 Å². The minimum Gasteiger partial charge on any atom is -0.396 e. The first-order valence-corrected chi connectivity index (χ1v) is 5.80. The molecule has 0 amide bonds. The van der Waals surface area contributed by atoms with E-state index in [2.05, 4.69) is 15.5 Å². The van der Waals surface area contributed by atoms with Crippen molar-refractivity contribution in [1.82, 2.24) is 20.2 Å². The largest absolute Gasteiger partial charge is 0.396 e. The molecule has 0 saturated heterocycles. The highest BCUT2D eigenvalue weighted by Gasteiger charge is 2.21. The Balaban J connectivity index is 2.36. The lowest BCUT2D eigenvalue weighted by atomic mass is 10.1. The Kier molecular flexibility index (Phi) is 3.48. The maximum Gasteiger partial charge on any atom is 0.182 e. The van der Waals surface area contributed by atoms with Crippen molar-refractivity contribution in [3.05, 3.63) is 24.0 Å². The van der Waals surface area contributed by atoms with Crippen molar-refractivity contribution in [3.8, 4) is 11.4 Å². The Hall–Kier alpha value is -2.02. The smallest absolute Gasteiger partial charge is 0.182 e. The molecule has 1 aromatic heterocycles. The third kappa shape index (κ3) is 2.87. The lowest BCUT2D eigenvalue weighted by Crippen LogP contribution is -2.30. The van der Waals surface area contributed by atoms with Gasteiger partial charge in [0.2, 0.25) is 0 Å². The third-order valence-corrected chi connectivity index (χ3v) is 2.87. The van der Waals surface area contributed by atoms with Crippen molar-refractivity contribution in [2.24, 2.45) is 0 Å². The van der Waals surface area contributed by atoms with Crippen LogP contribution in [0.25, 0.3) is 11.4 Å². The molecule has 1 heterocycles. The molecule has 0 radical (unpaired) electrons. The van der Waals surface area contributed by atoms with Gasteiger partial charge in [0.05, 0.1) is 17.8 Å². The maximum atomic E-state index is 13.5. The van der Waals surface area contributed by atoms with Crippen LogP contribution in [0.4, 0.5) is 10.1 Å². The Morgan fingerprint density at radius 1 is 1.42 bits per heavy atom. The van der Waals surface area contributed by atoms with Crippen LogP contribution in [0.5, 0.6) is 0 Å². The number of aromatic nitrogens is 4. The van der Waals surface area contributed by atoms with Crippen LogP contribution in [-0.2, 0) is 11.3 Å². The third-order valence-electron chi connectivity index (χ3n) is 2.87. The number of hydrogen-bond acceptors (Lipinski definition) is 5. The molecule has 2 rings (SSSR count). The molecule has 0 saturated carbocycles. The van der Waals surface area contributed by atoms with Gasteiger partial charge in [0.15, 0.2) is 5.82 Å². The number of anilines is 1. The second-order valence-corrected chi connectivity index (χ2v) is 4.86. The van der Waals surface area contributed by atoms with Crippen molar-refractivity contribution in [3.63, 3.8) is 0 Å². The van der Waals surface area contributed by atoms with Crippen LogP contribution in [0.15, 0.2) is 18.2 Å². The van der Waals surface area contributed by atoms with Gasteiger partial charge in [-0.15, -0.1) is 5.10 Å². The summed E-state index contributed by atoms with van der Waals surface area (Å²) in [5.41, 5.74) is 5.70. The molecule has 19 heavy (non-hydrogen) atoms. The summed E-state index contributed by atoms with van der Waals surface area (Å²) in [5, 5.41) is 11.4. The summed E-state index contributed by atoms with van der Waals surface area (Å²) in [6, 6.07) is 4.49. The van der Waals surface area contributed by atoms with Crippen LogP contribution in [-0.4, -0.2) is 32.9 Å². The zero-order valence-electron chi connectivity index (χ0n) is 11.1. The predicted molar refractivity (Wildman–Crippen MR) is 68.7 cm³/mol. The van der Waals surface area contributed by atoms with Crippen LogP contribution >= 0.6 is 0 Å². The van der Waals surface area contributed by atoms with E-state index in [-0.39, 0.29) is 5.69 Å². The molecule has 0 atom stereocenters. The maximum absolute atomic E-state index is 13.5.